The quantitative estimate of drug-likeness (QED) is 0.404. The number of nitrogens with one attached hydrogen (secondary N) is 2. The number of anilines is 1. The van der Waals surface area contributed by atoms with E-state index in [9.17, 15) is 9.59 Å². The zero-order valence-electron chi connectivity index (χ0n) is 17.3. The molecule has 160 valence electrons. The number of amides is 2. The molecule has 0 aliphatic heterocycles. The first-order valence-electron chi connectivity index (χ1n) is 10.5. The van der Waals surface area contributed by atoms with E-state index in [-0.39, 0.29) is 17.9 Å². The number of hydrogen-bond donors (Lipinski definition) is 2. The Morgan fingerprint density at radius 3 is 2.53 bits per heavy atom. The highest BCUT2D eigenvalue weighted by Crippen LogP contribution is 2.24. The molecule has 1 saturated carbocycles. The summed E-state index contributed by atoms with van der Waals surface area (Å²) in [7, 11) is 0. The molecule has 32 heavy (non-hydrogen) atoms. The third kappa shape index (κ3) is 4.68. The lowest BCUT2D eigenvalue weighted by Crippen LogP contribution is -2.27. The van der Waals surface area contributed by atoms with E-state index in [1.807, 2.05) is 53.2 Å². The van der Waals surface area contributed by atoms with E-state index in [0.29, 0.717) is 16.8 Å². The van der Waals surface area contributed by atoms with Gasteiger partial charge in [-0.05, 0) is 61.4 Å². The number of imidazole rings is 1. The number of carbonyl (C=O) groups is 2. The van der Waals surface area contributed by atoms with Crippen LogP contribution in [0.25, 0.3) is 5.65 Å². The van der Waals surface area contributed by atoms with Gasteiger partial charge in [-0.1, -0.05) is 18.2 Å². The van der Waals surface area contributed by atoms with Crippen molar-refractivity contribution in [3.05, 3.63) is 95.9 Å². The van der Waals surface area contributed by atoms with Gasteiger partial charge in [0.15, 0.2) is 0 Å². The molecule has 0 unspecified atom stereocenters. The summed E-state index contributed by atoms with van der Waals surface area (Å²) in [5.74, 6) is 0.354. The van der Waals surface area contributed by atoms with E-state index in [4.69, 9.17) is 0 Å². The van der Waals surface area contributed by atoms with Gasteiger partial charge in [-0.3, -0.25) is 9.59 Å². The van der Waals surface area contributed by atoms with Crippen LogP contribution in [0.4, 0.5) is 5.69 Å². The molecule has 1 aliphatic rings. The molecular formula is C25H22N4O2S. The van der Waals surface area contributed by atoms with E-state index in [1.54, 1.807) is 42.1 Å². The molecule has 0 spiro atoms. The maximum atomic E-state index is 12.8. The highest BCUT2D eigenvalue weighted by molar-refractivity contribution is 7.98. The van der Waals surface area contributed by atoms with Gasteiger partial charge in [0.1, 0.15) is 5.65 Å². The molecule has 6 nitrogen and oxygen atoms in total. The molecule has 4 aromatic rings. The maximum absolute atomic E-state index is 12.8. The largest absolute Gasteiger partial charge is 0.349 e. The summed E-state index contributed by atoms with van der Waals surface area (Å²) in [6.07, 6.45) is 6.04. The fraction of sp³-hybridized carbons (Fsp3) is 0.160. The Hall–Kier alpha value is -3.58. The summed E-state index contributed by atoms with van der Waals surface area (Å²) >= 11 is 1.67. The van der Waals surface area contributed by atoms with Gasteiger partial charge in [0.2, 0.25) is 0 Å². The van der Waals surface area contributed by atoms with Crippen molar-refractivity contribution in [2.24, 2.45) is 0 Å². The predicted octanol–water partition coefficient (Wildman–Crippen LogP) is 4.77. The van der Waals surface area contributed by atoms with Crippen molar-refractivity contribution in [2.75, 3.05) is 5.32 Å². The van der Waals surface area contributed by atoms with Crippen LogP contribution in [0.2, 0.25) is 0 Å². The SMILES string of the molecule is O=C(Nc1ccccc1C(=O)NC1CC1)c1ccc(SCc2cn3ccccc3n2)cc1. The van der Waals surface area contributed by atoms with Crippen molar-refractivity contribution in [2.45, 2.75) is 29.5 Å². The Labute approximate surface area is 190 Å². The fourth-order valence-electron chi connectivity index (χ4n) is 3.39. The Morgan fingerprint density at radius 2 is 1.75 bits per heavy atom. The van der Waals surface area contributed by atoms with Gasteiger partial charge in [0.25, 0.3) is 11.8 Å². The fourth-order valence-corrected chi connectivity index (χ4v) is 4.17. The standard InChI is InChI=1S/C25H22N4O2S/c30-24(28-22-6-2-1-5-21(22)25(31)27-18-10-11-18)17-8-12-20(13-9-17)32-16-19-15-29-14-4-3-7-23(29)26-19/h1-9,12-15,18H,10-11,16H2,(H,27,31)(H,28,30). The van der Waals surface area contributed by atoms with Gasteiger partial charge in [-0.2, -0.15) is 0 Å². The van der Waals surface area contributed by atoms with Crippen molar-refractivity contribution in [1.29, 1.82) is 0 Å². The van der Waals surface area contributed by atoms with E-state index < -0.39 is 0 Å². The first kappa shape index (κ1) is 20.3. The smallest absolute Gasteiger partial charge is 0.255 e. The van der Waals surface area contributed by atoms with Crippen LogP contribution in [0.3, 0.4) is 0 Å². The first-order valence-corrected chi connectivity index (χ1v) is 11.5. The number of aromatic nitrogens is 2. The van der Waals surface area contributed by atoms with Crippen LogP contribution < -0.4 is 10.6 Å². The summed E-state index contributed by atoms with van der Waals surface area (Å²) in [6.45, 7) is 0. The number of rotatable bonds is 7. The second-order valence-corrected chi connectivity index (χ2v) is 8.81. The van der Waals surface area contributed by atoms with Crippen LogP contribution in [0.1, 0.15) is 39.3 Å². The van der Waals surface area contributed by atoms with Gasteiger partial charge >= 0.3 is 0 Å². The number of carbonyl (C=O) groups excluding carboxylic acids is 2. The van der Waals surface area contributed by atoms with E-state index in [1.165, 1.54) is 0 Å². The minimum Gasteiger partial charge on any atom is -0.349 e. The third-order valence-electron chi connectivity index (χ3n) is 5.25. The molecule has 0 radical (unpaired) electrons. The lowest BCUT2D eigenvalue weighted by Gasteiger charge is -2.11. The van der Waals surface area contributed by atoms with E-state index in [0.717, 1.165) is 34.8 Å². The summed E-state index contributed by atoms with van der Waals surface area (Å²) < 4.78 is 2.01. The molecule has 2 heterocycles. The normalized spacial score (nSPS) is 13.1. The van der Waals surface area contributed by atoms with Gasteiger partial charge in [0.05, 0.1) is 16.9 Å². The summed E-state index contributed by atoms with van der Waals surface area (Å²) in [4.78, 5) is 30.9. The van der Waals surface area contributed by atoms with Crippen molar-refractivity contribution in [1.82, 2.24) is 14.7 Å². The van der Waals surface area contributed by atoms with E-state index in [2.05, 4.69) is 15.6 Å². The topological polar surface area (TPSA) is 75.5 Å². The van der Waals surface area contributed by atoms with Gasteiger partial charge in [-0.15, -0.1) is 11.8 Å². The van der Waals surface area contributed by atoms with Crippen molar-refractivity contribution in [3.63, 3.8) is 0 Å². The molecule has 1 fully saturated rings. The molecule has 0 bridgehead atoms. The number of fused-ring (bicyclic) bond motifs is 1. The van der Waals surface area contributed by atoms with Gasteiger partial charge in [-0.25, -0.2) is 4.98 Å². The van der Waals surface area contributed by atoms with Crippen molar-refractivity contribution < 1.29 is 9.59 Å². The second-order valence-electron chi connectivity index (χ2n) is 7.76. The van der Waals surface area contributed by atoms with Crippen molar-refractivity contribution >= 4 is 34.9 Å². The van der Waals surface area contributed by atoms with Crippen LogP contribution in [0.15, 0.2) is 84.0 Å². The Kier molecular flexibility index (Phi) is 5.64. The summed E-state index contributed by atoms with van der Waals surface area (Å²) in [5.41, 5.74) is 3.47. The molecule has 2 amide bonds. The molecule has 1 aliphatic carbocycles. The van der Waals surface area contributed by atoms with Crippen LogP contribution >= 0.6 is 11.8 Å². The Morgan fingerprint density at radius 1 is 0.969 bits per heavy atom. The zero-order valence-corrected chi connectivity index (χ0v) is 18.1. The monoisotopic (exact) mass is 442 g/mol. The van der Waals surface area contributed by atoms with E-state index >= 15 is 0 Å². The minimum absolute atomic E-state index is 0.151. The maximum Gasteiger partial charge on any atom is 0.255 e. The minimum atomic E-state index is -0.242. The van der Waals surface area contributed by atoms with Crippen LogP contribution in [0.5, 0.6) is 0 Å². The highest BCUT2D eigenvalue weighted by atomic mass is 32.2. The molecular weight excluding hydrogens is 420 g/mol. The molecule has 2 N–H and O–H groups in total. The highest BCUT2D eigenvalue weighted by Gasteiger charge is 2.25. The van der Waals surface area contributed by atoms with Gasteiger partial charge in [0, 0.05) is 34.6 Å². The van der Waals surface area contributed by atoms with Crippen LogP contribution in [-0.4, -0.2) is 27.2 Å². The Bertz CT molecular complexity index is 1250. The van der Waals surface area contributed by atoms with Crippen LogP contribution in [0, 0.1) is 0 Å². The molecule has 2 aromatic heterocycles. The lowest BCUT2D eigenvalue weighted by molar-refractivity contribution is 0.0952. The molecule has 0 saturated heterocycles. The average molecular weight is 443 g/mol. The van der Waals surface area contributed by atoms with Crippen LogP contribution in [-0.2, 0) is 5.75 Å². The molecule has 7 heteroatoms. The number of benzene rings is 2. The number of nitrogens with zero attached hydrogens (tertiary/aromatic N) is 2. The van der Waals surface area contributed by atoms with Gasteiger partial charge < -0.3 is 15.0 Å². The number of thioether (sulfide) groups is 1. The predicted molar refractivity (Wildman–Crippen MR) is 126 cm³/mol. The van der Waals surface area contributed by atoms with Crippen molar-refractivity contribution in [3.8, 4) is 0 Å². The Balaban J connectivity index is 1.22. The molecule has 2 aromatic carbocycles. The summed E-state index contributed by atoms with van der Waals surface area (Å²) in [6, 6.07) is 20.7. The zero-order chi connectivity index (χ0) is 21.9. The third-order valence-corrected chi connectivity index (χ3v) is 6.30. The first-order chi connectivity index (χ1) is 15.7. The average Bonchev–Trinajstić information content (AvgIpc) is 3.53. The summed E-state index contributed by atoms with van der Waals surface area (Å²) in [5, 5.41) is 5.84. The number of pyridine rings is 1. The lowest BCUT2D eigenvalue weighted by atomic mass is 10.1. The number of hydrogen-bond acceptors (Lipinski definition) is 4. The second kappa shape index (κ2) is 8.88. The molecule has 0 atom stereocenters. The molecule has 5 rings (SSSR count). The number of para-hydroxylation sites is 1.